The molecule has 3 heteroatoms. The fourth-order valence-corrected chi connectivity index (χ4v) is 3.81. The van der Waals surface area contributed by atoms with Crippen LogP contribution in [0.25, 0.3) is 10.2 Å². The molecular formula is C17H26N2S. The lowest BCUT2D eigenvalue weighted by atomic mass is 9.76. The van der Waals surface area contributed by atoms with Gasteiger partial charge < -0.3 is 5.73 Å². The first-order valence-corrected chi connectivity index (χ1v) is 8.28. The van der Waals surface area contributed by atoms with E-state index < -0.39 is 0 Å². The predicted octanol–water partition coefficient (Wildman–Crippen LogP) is 4.55. The molecule has 2 rings (SSSR count). The molecule has 0 aliphatic rings. The van der Waals surface area contributed by atoms with Gasteiger partial charge in [0.25, 0.3) is 0 Å². The van der Waals surface area contributed by atoms with Gasteiger partial charge in [-0.1, -0.05) is 32.9 Å². The molecule has 1 aromatic heterocycles. The minimum Gasteiger partial charge on any atom is -0.330 e. The monoisotopic (exact) mass is 290 g/mol. The first-order chi connectivity index (χ1) is 9.41. The first-order valence-electron chi connectivity index (χ1n) is 7.47. The van der Waals surface area contributed by atoms with E-state index in [1.807, 2.05) is 11.3 Å². The number of aromatic nitrogens is 1. The van der Waals surface area contributed by atoms with Gasteiger partial charge in [0.05, 0.1) is 15.2 Å². The molecule has 0 saturated carbocycles. The number of nitrogens with zero attached hydrogens (tertiary/aromatic N) is 1. The normalized spacial score (nSPS) is 13.8. The van der Waals surface area contributed by atoms with Crippen molar-refractivity contribution >= 4 is 21.6 Å². The maximum atomic E-state index is 5.76. The van der Waals surface area contributed by atoms with Crippen molar-refractivity contribution in [3.05, 3.63) is 28.8 Å². The summed E-state index contributed by atoms with van der Waals surface area (Å²) in [7, 11) is 0. The number of fused-ring (bicyclic) bond motifs is 1. The molecule has 20 heavy (non-hydrogen) atoms. The highest BCUT2D eigenvalue weighted by Gasteiger charge is 2.23. The molecule has 1 heterocycles. The fraction of sp³-hybridized carbons (Fsp3) is 0.588. The third kappa shape index (κ3) is 3.58. The zero-order valence-corrected chi connectivity index (χ0v) is 13.9. The molecule has 0 radical (unpaired) electrons. The Balaban J connectivity index is 2.10. The molecule has 1 unspecified atom stereocenters. The van der Waals surface area contributed by atoms with Gasteiger partial charge in [-0.25, -0.2) is 4.98 Å². The summed E-state index contributed by atoms with van der Waals surface area (Å²) in [5, 5.41) is 1.26. The van der Waals surface area contributed by atoms with Crippen LogP contribution in [0.4, 0.5) is 0 Å². The Kier molecular flexibility index (Phi) is 4.82. The third-order valence-electron chi connectivity index (χ3n) is 4.11. The minimum atomic E-state index is 0.325. The van der Waals surface area contributed by atoms with Gasteiger partial charge in [0.2, 0.25) is 0 Å². The zero-order valence-electron chi connectivity index (χ0n) is 13.1. The molecule has 0 saturated heterocycles. The first kappa shape index (κ1) is 15.5. The lowest BCUT2D eigenvalue weighted by Gasteiger charge is -2.30. The van der Waals surface area contributed by atoms with E-state index in [-0.39, 0.29) is 0 Å². The highest BCUT2D eigenvalue weighted by Crippen LogP contribution is 2.33. The molecular weight excluding hydrogens is 264 g/mol. The molecule has 110 valence electrons. The Morgan fingerprint density at radius 3 is 2.60 bits per heavy atom. The molecule has 0 aliphatic heterocycles. The third-order valence-corrected chi connectivity index (χ3v) is 5.19. The standard InChI is InChI=1S/C17H26N2S/c1-12-6-5-7-14-16(12)19-15(20-14)9-8-13(10-11-18)17(2,3)4/h5-7,13H,8-11,18H2,1-4H3. The van der Waals surface area contributed by atoms with Gasteiger partial charge in [-0.15, -0.1) is 11.3 Å². The second kappa shape index (κ2) is 6.23. The summed E-state index contributed by atoms with van der Waals surface area (Å²) in [5.74, 6) is 0.667. The molecule has 1 atom stereocenters. The minimum absolute atomic E-state index is 0.325. The summed E-state index contributed by atoms with van der Waals surface area (Å²) in [4.78, 5) is 4.81. The summed E-state index contributed by atoms with van der Waals surface area (Å²) in [6.45, 7) is 9.86. The van der Waals surface area contributed by atoms with E-state index in [1.54, 1.807) is 0 Å². The Hall–Kier alpha value is -0.930. The molecule has 0 spiro atoms. The number of hydrogen-bond donors (Lipinski definition) is 1. The molecule has 2 aromatic rings. The smallest absolute Gasteiger partial charge is 0.0938 e. The second-order valence-corrected chi connectivity index (χ2v) is 7.82. The Morgan fingerprint density at radius 1 is 1.25 bits per heavy atom. The lowest BCUT2D eigenvalue weighted by molar-refractivity contribution is 0.215. The molecule has 0 aliphatic carbocycles. The van der Waals surface area contributed by atoms with Crippen LogP contribution in [0.3, 0.4) is 0 Å². The van der Waals surface area contributed by atoms with E-state index >= 15 is 0 Å². The van der Waals surface area contributed by atoms with Crippen molar-refractivity contribution in [3.8, 4) is 0 Å². The average Bonchev–Trinajstić information content (AvgIpc) is 2.77. The van der Waals surface area contributed by atoms with Gasteiger partial charge in [-0.05, 0) is 55.7 Å². The largest absolute Gasteiger partial charge is 0.330 e. The Morgan fingerprint density at radius 2 is 2.00 bits per heavy atom. The van der Waals surface area contributed by atoms with Crippen LogP contribution < -0.4 is 5.73 Å². The number of benzene rings is 1. The van der Waals surface area contributed by atoms with E-state index in [1.165, 1.54) is 27.2 Å². The van der Waals surface area contributed by atoms with E-state index in [0.29, 0.717) is 11.3 Å². The maximum absolute atomic E-state index is 5.76. The summed E-state index contributed by atoms with van der Waals surface area (Å²) in [5.41, 5.74) is 8.55. The van der Waals surface area contributed by atoms with Crippen molar-refractivity contribution < 1.29 is 0 Å². The summed E-state index contributed by atoms with van der Waals surface area (Å²) >= 11 is 1.84. The van der Waals surface area contributed by atoms with Gasteiger partial charge >= 0.3 is 0 Å². The number of nitrogens with two attached hydrogens (primary N) is 1. The number of hydrogen-bond acceptors (Lipinski definition) is 3. The van der Waals surface area contributed by atoms with Crippen molar-refractivity contribution in [3.63, 3.8) is 0 Å². The van der Waals surface area contributed by atoms with Crippen molar-refractivity contribution in [2.24, 2.45) is 17.1 Å². The van der Waals surface area contributed by atoms with Crippen LogP contribution in [-0.4, -0.2) is 11.5 Å². The Labute approximate surface area is 126 Å². The molecule has 2 nitrogen and oxygen atoms in total. The summed E-state index contributed by atoms with van der Waals surface area (Å²) in [6, 6.07) is 6.43. The van der Waals surface area contributed by atoms with Crippen molar-refractivity contribution in [2.45, 2.75) is 47.0 Å². The van der Waals surface area contributed by atoms with Crippen LogP contribution in [0, 0.1) is 18.3 Å². The maximum Gasteiger partial charge on any atom is 0.0938 e. The summed E-state index contributed by atoms with van der Waals surface area (Å²) in [6.07, 6.45) is 3.35. The van der Waals surface area contributed by atoms with E-state index in [2.05, 4.69) is 45.9 Å². The Bertz CT molecular complexity index is 566. The van der Waals surface area contributed by atoms with Gasteiger partial charge in [0, 0.05) is 0 Å². The quantitative estimate of drug-likeness (QED) is 0.877. The van der Waals surface area contributed by atoms with E-state index in [4.69, 9.17) is 10.7 Å². The molecule has 1 aromatic carbocycles. The highest BCUT2D eigenvalue weighted by molar-refractivity contribution is 7.18. The SMILES string of the molecule is Cc1cccc2sc(CCC(CCN)C(C)(C)C)nc12. The predicted molar refractivity (Wildman–Crippen MR) is 89.3 cm³/mol. The van der Waals surface area contributed by atoms with Gasteiger partial charge in [-0.3, -0.25) is 0 Å². The number of aryl methyl sites for hydroxylation is 2. The molecule has 0 fully saturated rings. The number of rotatable bonds is 5. The van der Waals surface area contributed by atoms with Crippen LogP contribution >= 0.6 is 11.3 Å². The van der Waals surface area contributed by atoms with Gasteiger partial charge in [-0.2, -0.15) is 0 Å². The van der Waals surface area contributed by atoms with Crippen LogP contribution in [0.5, 0.6) is 0 Å². The van der Waals surface area contributed by atoms with E-state index in [0.717, 1.165) is 19.4 Å². The van der Waals surface area contributed by atoms with Crippen molar-refractivity contribution in [2.75, 3.05) is 6.54 Å². The van der Waals surface area contributed by atoms with Crippen molar-refractivity contribution in [1.29, 1.82) is 0 Å². The van der Waals surface area contributed by atoms with E-state index in [9.17, 15) is 0 Å². The fourth-order valence-electron chi connectivity index (χ4n) is 2.75. The van der Waals surface area contributed by atoms with Crippen LogP contribution in [0.1, 0.15) is 44.2 Å². The van der Waals surface area contributed by atoms with Crippen LogP contribution in [0.2, 0.25) is 0 Å². The van der Waals surface area contributed by atoms with Crippen LogP contribution in [0.15, 0.2) is 18.2 Å². The highest BCUT2D eigenvalue weighted by atomic mass is 32.1. The molecule has 2 N–H and O–H groups in total. The van der Waals surface area contributed by atoms with Crippen LogP contribution in [-0.2, 0) is 6.42 Å². The summed E-state index contributed by atoms with van der Waals surface area (Å²) < 4.78 is 1.31. The lowest BCUT2D eigenvalue weighted by Crippen LogP contribution is -2.24. The number of para-hydroxylation sites is 1. The van der Waals surface area contributed by atoms with Gasteiger partial charge in [0.15, 0.2) is 0 Å². The average molecular weight is 290 g/mol. The second-order valence-electron chi connectivity index (χ2n) is 6.71. The topological polar surface area (TPSA) is 38.9 Å². The zero-order chi connectivity index (χ0) is 14.8. The van der Waals surface area contributed by atoms with Gasteiger partial charge in [0.1, 0.15) is 0 Å². The molecule has 0 amide bonds. The van der Waals surface area contributed by atoms with Crippen molar-refractivity contribution in [1.82, 2.24) is 4.98 Å². The molecule has 0 bridgehead atoms. The number of thiazole rings is 1.